The van der Waals surface area contributed by atoms with Crippen LogP contribution < -0.4 is 10.6 Å². The van der Waals surface area contributed by atoms with Crippen molar-refractivity contribution in [3.8, 4) is 0 Å². The summed E-state index contributed by atoms with van der Waals surface area (Å²) in [5.41, 5.74) is 0.654. The number of aliphatic carboxylic acids is 1. The van der Waals surface area contributed by atoms with Gasteiger partial charge in [0.05, 0.1) is 18.8 Å². The number of amides is 1. The summed E-state index contributed by atoms with van der Waals surface area (Å²) < 4.78 is 4.84. The van der Waals surface area contributed by atoms with Crippen molar-refractivity contribution >= 4 is 28.3 Å². The molecule has 0 saturated carbocycles. The minimum absolute atomic E-state index is 0.119. The van der Waals surface area contributed by atoms with Crippen molar-refractivity contribution in [2.24, 2.45) is 0 Å². The summed E-state index contributed by atoms with van der Waals surface area (Å²) in [7, 11) is 1.57. The summed E-state index contributed by atoms with van der Waals surface area (Å²) in [6, 6.07) is 0. The van der Waals surface area contributed by atoms with Gasteiger partial charge >= 0.3 is 5.97 Å². The van der Waals surface area contributed by atoms with Crippen LogP contribution in [-0.2, 0) is 20.7 Å². The Hall–Kier alpha value is -1.67. The number of hydrogen-bond acceptors (Lipinski definition) is 6. The van der Waals surface area contributed by atoms with Crippen molar-refractivity contribution in [3.63, 3.8) is 0 Å². The van der Waals surface area contributed by atoms with Gasteiger partial charge in [0.2, 0.25) is 5.91 Å². The summed E-state index contributed by atoms with van der Waals surface area (Å²) >= 11 is 1.44. The van der Waals surface area contributed by atoms with Gasteiger partial charge in [0.1, 0.15) is 5.92 Å². The molecule has 1 atom stereocenters. The normalized spacial score (nSPS) is 17.1. The number of fused-ring (bicyclic) bond motifs is 1. The number of ether oxygens (including phenoxy) is 1. The highest BCUT2D eigenvalue weighted by Crippen LogP contribution is 2.36. The van der Waals surface area contributed by atoms with Gasteiger partial charge in [-0.3, -0.25) is 9.59 Å². The van der Waals surface area contributed by atoms with Crippen LogP contribution in [0.15, 0.2) is 0 Å². The van der Waals surface area contributed by atoms with E-state index in [2.05, 4.69) is 15.6 Å². The lowest BCUT2D eigenvalue weighted by molar-refractivity contribution is -0.139. The quantitative estimate of drug-likeness (QED) is 0.644. The van der Waals surface area contributed by atoms with Crippen LogP contribution >= 0.6 is 11.3 Å². The molecule has 8 heteroatoms. The van der Waals surface area contributed by atoms with Gasteiger partial charge in [-0.1, -0.05) is 0 Å². The highest BCUT2D eigenvalue weighted by atomic mass is 32.1. The molecule has 1 amide bonds. The standard InChI is InChI=1S/C13H19N3O4S/c1-20-6-5-14-10(17)7-15-13-16-11-8(12(18)19)3-2-4-9(11)21-13/h8H,2-7H2,1H3,(H,14,17)(H,15,16)(H,18,19). The number of hydrogen-bond donors (Lipinski definition) is 3. The molecule has 1 aliphatic rings. The average Bonchev–Trinajstić information content (AvgIpc) is 2.87. The van der Waals surface area contributed by atoms with Crippen molar-refractivity contribution in [2.45, 2.75) is 25.2 Å². The third-order valence-electron chi connectivity index (χ3n) is 3.28. The molecule has 1 aromatic rings. The molecule has 0 fully saturated rings. The molecule has 1 aliphatic carbocycles. The van der Waals surface area contributed by atoms with E-state index in [-0.39, 0.29) is 12.5 Å². The smallest absolute Gasteiger partial charge is 0.312 e. The van der Waals surface area contributed by atoms with Gasteiger partial charge in [0, 0.05) is 18.5 Å². The molecule has 7 nitrogen and oxygen atoms in total. The number of anilines is 1. The van der Waals surface area contributed by atoms with E-state index in [1.54, 1.807) is 7.11 Å². The molecule has 1 unspecified atom stereocenters. The molecular formula is C13H19N3O4S. The topological polar surface area (TPSA) is 101 Å². The molecule has 2 rings (SSSR count). The third kappa shape index (κ3) is 4.15. The zero-order valence-electron chi connectivity index (χ0n) is 11.8. The lowest BCUT2D eigenvalue weighted by Crippen LogP contribution is -2.32. The summed E-state index contributed by atoms with van der Waals surface area (Å²) in [5, 5.41) is 15.5. The number of nitrogens with one attached hydrogen (secondary N) is 2. The number of carboxylic acids is 1. The fourth-order valence-electron chi connectivity index (χ4n) is 2.25. The number of carbonyl (C=O) groups excluding carboxylic acids is 1. The first-order valence-corrected chi connectivity index (χ1v) is 7.65. The van der Waals surface area contributed by atoms with E-state index in [0.717, 1.165) is 17.7 Å². The predicted molar refractivity (Wildman–Crippen MR) is 78.8 cm³/mol. The second kappa shape index (κ2) is 7.37. The average molecular weight is 313 g/mol. The molecule has 3 N–H and O–H groups in total. The van der Waals surface area contributed by atoms with Crippen LogP contribution in [0.4, 0.5) is 5.13 Å². The van der Waals surface area contributed by atoms with E-state index in [1.165, 1.54) is 11.3 Å². The van der Waals surface area contributed by atoms with E-state index in [1.807, 2.05) is 0 Å². The van der Waals surface area contributed by atoms with Crippen LogP contribution in [0.1, 0.15) is 29.3 Å². The maximum absolute atomic E-state index is 11.6. The SMILES string of the molecule is COCCNC(=O)CNc1nc2c(s1)CCCC2C(=O)O. The summed E-state index contributed by atoms with van der Waals surface area (Å²) in [5.74, 6) is -1.49. The second-order valence-corrected chi connectivity index (χ2v) is 5.89. The largest absolute Gasteiger partial charge is 0.481 e. The Morgan fingerprint density at radius 2 is 2.33 bits per heavy atom. The van der Waals surface area contributed by atoms with E-state index in [0.29, 0.717) is 30.4 Å². The maximum Gasteiger partial charge on any atom is 0.312 e. The van der Waals surface area contributed by atoms with Crippen LogP contribution in [0.5, 0.6) is 0 Å². The lowest BCUT2D eigenvalue weighted by atomic mass is 9.91. The summed E-state index contributed by atoms with van der Waals surface area (Å²) in [4.78, 5) is 28.1. The van der Waals surface area contributed by atoms with E-state index >= 15 is 0 Å². The Balaban J connectivity index is 1.91. The van der Waals surface area contributed by atoms with E-state index < -0.39 is 11.9 Å². The lowest BCUT2D eigenvalue weighted by Gasteiger charge is -2.16. The zero-order chi connectivity index (χ0) is 15.2. The second-order valence-electron chi connectivity index (χ2n) is 4.81. The van der Waals surface area contributed by atoms with Crippen molar-refractivity contribution in [3.05, 3.63) is 10.6 Å². The Bertz CT molecular complexity index is 518. The molecular weight excluding hydrogens is 294 g/mol. The number of nitrogens with zero attached hydrogens (tertiary/aromatic N) is 1. The predicted octanol–water partition coefficient (Wildman–Crippen LogP) is 0.822. The van der Waals surface area contributed by atoms with Gasteiger partial charge in [-0.25, -0.2) is 4.98 Å². The van der Waals surface area contributed by atoms with Crippen molar-refractivity contribution in [1.29, 1.82) is 0 Å². The van der Waals surface area contributed by atoms with Gasteiger partial charge < -0.3 is 20.5 Å². The van der Waals surface area contributed by atoms with Crippen molar-refractivity contribution in [2.75, 3.05) is 32.1 Å². The molecule has 0 saturated heterocycles. The molecule has 0 bridgehead atoms. The fraction of sp³-hybridized carbons (Fsp3) is 0.615. The Morgan fingerprint density at radius 1 is 1.52 bits per heavy atom. The first kappa shape index (κ1) is 15.7. The highest BCUT2D eigenvalue weighted by molar-refractivity contribution is 7.15. The summed E-state index contributed by atoms with van der Waals surface area (Å²) in [6.07, 6.45) is 2.35. The molecule has 1 heterocycles. The van der Waals surface area contributed by atoms with Gasteiger partial charge in [-0.15, -0.1) is 11.3 Å². The Kier molecular flexibility index (Phi) is 5.51. The van der Waals surface area contributed by atoms with Gasteiger partial charge in [-0.2, -0.15) is 0 Å². The Morgan fingerprint density at radius 3 is 3.05 bits per heavy atom. The number of carboxylic acid groups (broad SMARTS) is 1. The highest BCUT2D eigenvalue weighted by Gasteiger charge is 2.29. The van der Waals surface area contributed by atoms with Crippen molar-refractivity contribution in [1.82, 2.24) is 10.3 Å². The summed E-state index contributed by atoms with van der Waals surface area (Å²) in [6.45, 7) is 1.05. The minimum atomic E-state index is -0.829. The first-order valence-electron chi connectivity index (χ1n) is 6.83. The number of aromatic nitrogens is 1. The van der Waals surface area contributed by atoms with Gasteiger partial charge in [0.25, 0.3) is 0 Å². The molecule has 0 spiro atoms. The monoisotopic (exact) mass is 313 g/mol. The number of carbonyl (C=O) groups is 2. The van der Waals surface area contributed by atoms with Gasteiger partial charge in [0.15, 0.2) is 5.13 Å². The number of thiazole rings is 1. The third-order valence-corrected chi connectivity index (χ3v) is 4.37. The maximum atomic E-state index is 11.6. The van der Waals surface area contributed by atoms with Crippen LogP contribution in [0.3, 0.4) is 0 Å². The van der Waals surface area contributed by atoms with Gasteiger partial charge in [-0.05, 0) is 19.3 Å². The fourth-order valence-corrected chi connectivity index (χ4v) is 3.31. The zero-order valence-corrected chi connectivity index (χ0v) is 12.7. The molecule has 116 valence electrons. The minimum Gasteiger partial charge on any atom is -0.481 e. The van der Waals surface area contributed by atoms with Crippen molar-refractivity contribution < 1.29 is 19.4 Å². The van der Waals surface area contributed by atoms with Crippen LogP contribution in [0.2, 0.25) is 0 Å². The van der Waals surface area contributed by atoms with E-state index in [4.69, 9.17) is 4.74 Å². The van der Waals surface area contributed by atoms with Crippen LogP contribution in [0.25, 0.3) is 0 Å². The number of methoxy groups -OCH3 is 1. The molecule has 0 aliphatic heterocycles. The molecule has 0 radical (unpaired) electrons. The molecule has 21 heavy (non-hydrogen) atoms. The van der Waals surface area contributed by atoms with Crippen LogP contribution in [-0.4, -0.2) is 48.8 Å². The Labute approximate surface area is 126 Å². The molecule has 0 aromatic carbocycles. The van der Waals surface area contributed by atoms with Crippen LogP contribution in [0, 0.1) is 0 Å². The molecule has 1 aromatic heterocycles. The number of rotatable bonds is 7. The number of aryl methyl sites for hydroxylation is 1. The van der Waals surface area contributed by atoms with E-state index in [9.17, 15) is 14.7 Å². The first-order chi connectivity index (χ1) is 10.1.